The molecule has 14 heavy (non-hydrogen) atoms. The van der Waals surface area contributed by atoms with Gasteiger partial charge in [0.05, 0.1) is 0 Å². The van der Waals surface area contributed by atoms with Crippen molar-refractivity contribution in [1.82, 2.24) is 0 Å². The van der Waals surface area contributed by atoms with Gasteiger partial charge in [-0.3, -0.25) is 9.59 Å². The van der Waals surface area contributed by atoms with Crippen LogP contribution in [0.2, 0.25) is 0 Å². The van der Waals surface area contributed by atoms with Crippen LogP contribution in [0.15, 0.2) is 18.2 Å². The quantitative estimate of drug-likeness (QED) is 0.684. The van der Waals surface area contributed by atoms with Gasteiger partial charge < -0.3 is 0 Å². The minimum absolute atomic E-state index is 0.00908. The van der Waals surface area contributed by atoms with E-state index in [-0.39, 0.29) is 11.6 Å². The summed E-state index contributed by atoms with van der Waals surface area (Å²) in [7, 11) is 0. The summed E-state index contributed by atoms with van der Waals surface area (Å²) in [6, 6.07) is 5.11. The lowest BCUT2D eigenvalue weighted by molar-refractivity contribution is 0.100. The van der Waals surface area contributed by atoms with Crippen LogP contribution in [0.3, 0.4) is 0 Å². The van der Waals surface area contributed by atoms with Crippen molar-refractivity contribution in [2.75, 3.05) is 0 Å². The molecule has 2 heteroatoms. The van der Waals surface area contributed by atoms with Crippen LogP contribution in [0.25, 0.3) is 0 Å². The minimum Gasteiger partial charge on any atom is -0.295 e. The Labute approximate surface area is 83.9 Å². The number of hydrogen-bond acceptors (Lipinski definition) is 2. The van der Waals surface area contributed by atoms with Gasteiger partial charge in [0.1, 0.15) is 0 Å². The Kier molecular flexibility index (Phi) is 3.18. The summed E-state index contributed by atoms with van der Waals surface area (Å²) in [4.78, 5) is 22.3. The SMILES string of the molecule is [CH2]Cc1cc(C(C)=O)ccc1C(C)=O. The molecule has 2 nitrogen and oxygen atoms in total. The first-order valence-electron chi connectivity index (χ1n) is 4.50. The Morgan fingerprint density at radius 2 is 1.86 bits per heavy atom. The number of ketones is 2. The summed E-state index contributed by atoms with van der Waals surface area (Å²) in [6.45, 7) is 6.76. The largest absolute Gasteiger partial charge is 0.295 e. The van der Waals surface area contributed by atoms with E-state index in [1.165, 1.54) is 13.8 Å². The van der Waals surface area contributed by atoms with Crippen LogP contribution in [0.5, 0.6) is 0 Å². The first-order valence-corrected chi connectivity index (χ1v) is 4.50. The minimum atomic E-state index is 0.00908. The third-order valence-electron chi connectivity index (χ3n) is 2.16. The van der Waals surface area contributed by atoms with E-state index in [0.717, 1.165) is 5.56 Å². The van der Waals surface area contributed by atoms with Crippen molar-refractivity contribution in [2.45, 2.75) is 20.3 Å². The van der Waals surface area contributed by atoms with E-state index in [9.17, 15) is 9.59 Å². The zero-order valence-corrected chi connectivity index (χ0v) is 8.46. The van der Waals surface area contributed by atoms with Crippen molar-refractivity contribution in [3.63, 3.8) is 0 Å². The van der Waals surface area contributed by atoms with Gasteiger partial charge in [-0.25, -0.2) is 0 Å². The van der Waals surface area contributed by atoms with Crippen LogP contribution >= 0.6 is 0 Å². The average Bonchev–Trinajstić information content (AvgIpc) is 2.16. The normalized spacial score (nSPS) is 9.93. The topological polar surface area (TPSA) is 34.1 Å². The van der Waals surface area contributed by atoms with Crippen molar-refractivity contribution in [1.29, 1.82) is 0 Å². The number of carbonyl (C=O) groups is 2. The molecule has 0 saturated heterocycles. The Bertz CT molecular complexity index is 378. The number of rotatable bonds is 3. The summed E-state index contributed by atoms with van der Waals surface area (Å²) in [5.41, 5.74) is 2.13. The molecule has 0 atom stereocenters. The highest BCUT2D eigenvalue weighted by Gasteiger charge is 2.08. The second-order valence-electron chi connectivity index (χ2n) is 3.23. The lowest BCUT2D eigenvalue weighted by Crippen LogP contribution is -2.02. The fourth-order valence-corrected chi connectivity index (χ4v) is 1.36. The smallest absolute Gasteiger partial charge is 0.160 e. The second-order valence-corrected chi connectivity index (χ2v) is 3.23. The molecule has 1 aromatic carbocycles. The molecular weight excluding hydrogens is 176 g/mol. The summed E-state index contributed by atoms with van der Waals surface area (Å²) in [5, 5.41) is 0. The van der Waals surface area contributed by atoms with Gasteiger partial charge in [-0.15, -0.1) is 0 Å². The molecule has 0 bridgehead atoms. The van der Waals surface area contributed by atoms with E-state index in [1.807, 2.05) is 0 Å². The Morgan fingerprint density at radius 3 is 2.29 bits per heavy atom. The van der Waals surface area contributed by atoms with Crippen LogP contribution in [-0.4, -0.2) is 11.6 Å². The van der Waals surface area contributed by atoms with E-state index in [4.69, 9.17) is 0 Å². The van der Waals surface area contributed by atoms with E-state index >= 15 is 0 Å². The molecule has 0 N–H and O–H groups in total. The van der Waals surface area contributed by atoms with Gasteiger partial charge in [-0.2, -0.15) is 0 Å². The number of benzene rings is 1. The third kappa shape index (κ3) is 2.08. The predicted molar refractivity (Wildman–Crippen MR) is 55.5 cm³/mol. The lowest BCUT2D eigenvalue weighted by Gasteiger charge is -2.05. The molecule has 0 aliphatic rings. The molecule has 0 unspecified atom stereocenters. The maximum Gasteiger partial charge on any atom is 0.160 e. The maximum atomic E-state index is 11.2. The Morgan fingerprint density at radius 1 is 1.21 bits per heavy atom. The Hall–Kier alpha value is -1.44. The van der Waals surface area contributed by atoms with E-state index < -0.39 is 0 Å². The molecule has 0 aliphatic heterocycles. The van der Waals surface area contributed by atoms with Crippen molar-refractivity contribution in [2.24, 2.45) is 0 Å². The predicted octanol–water partition coefficient (Wildman–Crippen LogP) is 2.47. The van der Waals surface area contributed by atoms with Gasteiger partial charge >= 0.3 is 0 Å². The van der Waals surface area contributed by atoms with E-state index in [0.29, 0.717) is 17.5 Å². The molecule has 0 amide bonds. The van der Waals surface area contributed by atoms with Gasteiger partial charge in [0.15, 0.2) is 11.6 Å². The zero-order valence-electron chi connectivity index (χ0n) is 8.46. The van der Waals surface area contributed by atoms with Gasteiger partial charge in [0, 0.05) is 11.1 Å². The van der Waals surface area contributed by atoms with Gasteiger partial charge in [0.25, 0.3) is 0 Å². The molecular formula is C12H13O2. The molecule has 0 saturated carbocycles. The summed E-state index contributed by atoms with van der Waals surface area (Å²) in [5.74, 6) is 0.0218. The fourth-order valence-electron chi connectivity index (χ4n) is 1.36. The van der Waals surface area contributed by atoms with Crippen LogP contribution < -0.4 is 0 Å². The van der Waals surface area contributed by atoms with Crippen molar-refractivity contribution in [3.8, 4) is 0 Å². The monoisotopic (exact) mass is 189 g/mol. The highest BCUT2D eigenvalue weighted by atomic mass is 16.1. The fraction of sp³-hybridized carbons (Fsp3) is 0.250. The molecule has 0 heterocycles. The van der Waals surface area contributed by atoms with Crippen molar-refractivity contribution in [3.05, 3.63) is 41.8 Å². The Balaban J connectivity index is 3.25. The van der Waals surface area contributed by atoms with Crippen LogP contribution in [0.1, 0.15) is 40.1 Å². The van der Waals surface area contributed by atoms with Crippen molar-refractivity contribution >= 4 is 11.6 Å². The van der Waals surface area contributed by atoms with E-state index in [2.05, 4.69) is 6.92 Å². The average molecular weight is 189 g/mol. The standard InChI is InChI=1S/C12H13O2/c1-4-10-7-11(8(2)13)5-6-12(10)9(3)14/h5-7H,1,4H2,2-3H3. The van der Waals surface area contributed by atoms with Gasteiger partial charge in [-0.1, -0.05) is 12.1 Å². The first-order chi connectivity index (χ1) is 6.56. The van der Waals surface area contributed by atoms with Crippen LogP contribution in [0, 0.1) is 6.92 Å². The summed E-state index contributed by atoms with van der Waals surface area (Å²) < 4.78 is 0. The first kappa shape index (κ1) is 10.6. The van der Waals surface area contributed by atoms with Gasteiger partial charge in [-0.05, 0) is 38.8 Å². The second kappa shape index (κ2) is 4.18. The number of Topliss-reactive ketones (excluding diaryl/α,β-unsaturated/α-hetero) is 2. The molecule has 0 fully saturated rings. The van der Waals surface area contributed by atoms with Crippen LogP contribution in [-0.2, 0) is 6.42 Å². The number of carbonyl (C=O) groups excluding carboxylic acids is 2. The number of hydrogen-bond donors (Lipinski definition) is 0. The molecule has 1 rings (SSSR count). The van der Waals surface area contributed by atoms with Gasteiger partial charge in [0.2, 0.25) is 0 Å². The molecule has 1 radical (unpaired) electrons. The maximum absolute atomic E-state index is 11.2. The molecule has 0 aliphatic carbocycles. The lowest BCUT2D eigenvalue weighted by atomic mass is 9.98. The van der Waals surface area contributed by atoms with Crippen LogP contribution in [0.4, 0.5) is 0 Å². The summed E-state index contributed by atoms with van der Waals surface area (Å²) >= 11 is 0. The third-order valence-corrected chi connectivity index (χ3v) is 2.16. The molecule has 0 aromatic heterocycles. The van der Waals surface area contributed by atoms with Crippen molar-refractivity contribution < 1.29 is 9.59 Å². The molecule has 1 aromatic rings. The summed E-state index contributed by atoms with van der Waals surface area (Å²) in [6.07, 6.45) is 0.524. The molecule has 73 valence electrons. The highest BCUT2D eigenvalue weighted by Crippen LogP contribution is 2.14. The highest BCUT2D eigenvalue weighted by molar-refractivity contribution is 5.99. The zero-order chi connectivity index (χ0) is 10.7. The molecule has 0 spiro atoms. The van der Waals surface area contributed by atoms with E-state index in [1.54, 1.807) is 18.2 Å².